The molecule has 1 aromatic rings. The third-order valence-electron chi connectivity index (χ3n) is 2.52. The fourth-order valence-electron chi connectivity index (χ4n) is 1.54. The number of carbonyl (C=O) groups excluding carboxylic acids is 1. The van der Waals surface area contributed by atoms with Gasteiger partial charge in [0, 0.05) is 6.54 Å². The standard InChI is InChI=1S/C13H18Cl2N2O/c1-9(2)5-3-4-8-16-13(18)12-10(14)6-7-11(15)17-12/h6-7,9H,3-5,8H2,1-2H3,(H,16,18). The zero-order valence-corrected chi connectivity index (χ0v) is 12.2. The number of carbonyl (C=O) groups is 1. The molecular formula is C13H18Cl2N2O. The van der Waals surface area contributed by atoms with Gasteiger partial charge in [-0.25, -0.2) is 4.98 Å². The molecule has 1 heterocycles. The smallest absolute Gasteiger partial charge is 0.271 e. The van der Waals surface area contributed by atoms with E-state index in [1.165, 1.54) is 6.42 Å². The van der Waals surface area contributed by atoms with Crippen molar-refractivity contribution in [2.24, 2.45) is 5.92 Å². The van der Waals surface area contributed by atoms with Crippen molar-refractivity contribution in [1.82, 2.24) is 10.3 Å². The van der Waals surface area contributed by atoms with Crippen molar-refractivity contribution < 1.29 is 4.79 Å². The largest absolute Gasteiger partial charge is 0.351 e. The maximum Gasteiger partial charge on any atom is 0.271 e. The molecular weight excluding hydrogens is 271 g/mol. The third kappa shape index (κ3) is 5.23. The Morgan fingerprint density at radius 3 is 2.72 bits per heavy atom. The Morgan fingerprint density at radius 2 is 2.06 bits per heavy atom. The molecule has 0 unspecified atom stereocenters. The van der Waals surface area contributed by atoms with Gasteiger partial charge in [0.15, 0.2) is 0 Å². The summed E-state index contributed by atoms with van der Waals surface area (Å²) in [6, 6.07) is 3.13. The molecule has 0 saturated carbocycles. The molecule has 0 radical (unpaired) electrons. The molecule has 1 N–H and O–H groups in total. The lowest BCUT2D eigenvalue weighted by Crippen LogP contribution is -2.25. The summed E-state index contributed by atoms with van der Waals surface area (Å²) in [5.41, 5.74) is 0.188. The maximum absolute atomic E-state index is 11.8. The Morgan fingerprint density at radius 1 is 1.33 bits per heavy atom. The van der Waals surface area contributed by atoms with Crippen LogP contribution >= 0.6 is 23.2 Å². The van der Waals surface area contributed by atoms with E-state index in [0.29, 0.717) is 17.5 Å². The van der Waals surface area contributed by atoms with E-state index < -0.39 is 0 Å². The van der Waals surface area contributed by atoms with E-state index in [4.69, 9.17) is 23.2 Å². The lowest BCUT2D eigenvalue weighted by atomic mass is 10.1. The fraction of sp³-hybridized carbons (Fsp3) is 0.538. The van der Waals surface area contributed by atoms with Crippen molar-refractivity contribution in [3.8, 4) is 0 Å². The van der Waals surface area contributed by atoms with E-state index in [1.54, 1.807) is 12.1 Å². The van der Waals surface area contributed by atoms with Crippen LogP contribution in [-0.2, 0) is 0 Å². The summed E-state index contributed by atoms with van der Waals surface area (Å²) in [6.07, 6.45) is 3.24. The van der Waals surface area contributed by atoms with Gasteiger partial charge in [-0.05, 0) is 24.5 Å². The van der Waals surface area contributed by atoms with Crippen molar-refractivity contribution in [3.63, 3.8) is 0 Å². The quantitative estimate of drug-likeness (QED) is 0.636. The normalized spacial score (nSPS) is 10.7. The third-order valence-corrected chi connectivity index (χ3v) is 3.04. The molecule has 1 rings (SSSR count). The zero-order valence-electron chi connectivity index (χ0n) is 10.7. The first kappa shape index (κ1) is 15.3. The SMILES string of the molecule is CC(C)CCCCNC(=O)c1nc(Cl)ccc1Cl. The Bertz CT molecular complexity index is 408. The minimum atomic E-state index is -0.271. The van der Waals surface area contributed by atoms with E-state index in [-0.39, 0.29) is 16.8 Å². The molecule has 0 atom stereocenters. The zero-order chi connectivity index (χ0) is 13.5. The van der Waals surface area contributed by atoms with Crippen LogP contribution in [0.5, 0.6) is 0 Å². The minimum absolute atomic E-state index is 0.188. The average molecular weight is 289 g/mol. The number of nitrogens with one attached hydrogen (secondary N) is 1. The van der Waals surface area contributed by atoms with Crippen LogP contribution in [0.15, 0.2) is 12.1 Å². The number of nitrogens with zero attached hydrogens (tertiary/aromatic N) is 1. The molecule has 1 amide bonds. The van der Waals surface area contributed by atoms with Crippen LogP contribution in [0.3, 0.4) is 0 Å². The highest BCUT2D eigenvalue weighted by Gasteiger charge is 2.12. The summed E-state index contributed by atoms with van der Waals surface area (Å²) in [6.45, 7) is 5.01. The fourth-order valence-corrected chi connectivity index (χ4v) is 1.88. The number of rotatable bonds is 6. The molecule has 100 valence electrons. The number of aromatic nitrogens is 1. The van der Waals surface area contributed by atoms with E-state index in [2.05, 4.69) is 24.1 Å². The van der Waals surface area contributed by atoms with Crippen molar-refractivity contribution >= 4 is 29.1 Å². The van der Waals surface area contributed by atoms with Gasteiger partial charge in [-0.15, -0.1) is 0 Å². The molecule has 0 aromatic carbocycles. The van der Waals surface area contributed by atoms with Crippen LogP contribution in [0.25, 0.3) is 0 Å². The number of pyridine rings is 1. The van der Waals surface area contributed by atoms with Crippen LogP contribution in [0, 0.1) is 5.92 Å². The predicted molar refractivity (Wildman–Crippen MR) is 75.3 cm³/mol. The van der Waals surface area contributed by atoms with Crippen molar-refractivity contribution in [3.05, 3.63) is 28.0 Å². The van der Waals surface area contributed by atoms with Gasteiger partial charge in [0.05, 0.1) is 5.02 Å². The van der Waals surface area contributed by atoms with Crippen molar-refractivity contribution in [2.45, 2.75) is 33.1 Å². The molecule has 0 bridgehead atoms. The first-order valence-corrected chi connectivity index (χ1v) is 6.86. The molecule has 0 aliphatic rings. The van der Waals surface area contributed by atoms with Crippen molar-refractivity contribution in [1.29, 1.82) is 0 Å². The first-order chi connectivity index (χ1) is 8.50. The van der Waals surface area contributed by atoms with Crippen molar-refractivity contribution in [2.75, 3.05) is 6.54 Å². The minimum Gasteiger partial charge on any atom is -0.351 e. The van der Waals surface area contributed by atoms with Crippen LogP contribution < -0.4 is 5.32 Å². The van der Waals surface area contributed by atoms with Gasteiger partial charge < -0.3 is 5.32 Å². The van der Waals surface area contributed by atoms with Crippen LogP contribution in [0.4, 0.5) is 0 Å². The van der Waals surface area contributed by atoms with Gasteiger partial charge in [-0.2, -0.15) is 0 Å². The second kappa shape index (κ2) is 7.59. The molecule has 0 saturated heterocycles. The maximum atomic E-state index is 11.8. The summed E-state index contributed by atoms with van der Waals surface area (Å²) in [5.74, 6) is 0.428. The number of hydrogen-bond acceptors (Lipinski definition) is 2. The van der Waals surface area contributed by atoms with E-state index in [9.17, 15) is 4.79 Å². The Balaban J connectivity index is 2.39. The summed E-state index contributed by atoms with van der Waals surface area (Å²) < 4.78 is 0. The molecule has 0 fully saturated rings. The average Bonchev–Trinajstić information content (AvgIpc) is 2.31. The highest BCUT2D eigenvalue weighted by Crippen LogP contribution is 2.16. The summed E-state index contributed by atoms with van der Waals surface area (Å²) in [4.78, 5) is 15.7. The number of unbranched alkanes of at least 4 members (excludes halogenated alkanes) is 1. The molecule has 0 aliphatic carbocycles. The number of hydrogen-bond donors (Lipinski definition) is 1. The Labute approximate surface area is 118 Å². The lowest BCUT2D eigenvalue weighted by molar-refractivity contribution is 0.0948. The number of amides is 1. The Kier molecular flexibility index (Phi) is 6.44. The Hall–Kier alpha value is -0.800. The summed E-state index contributed by atoms with van der Waals surface area (Å²) in [7, 11) is 0. The predicted octanol–water partition coefficient (Wildman–Crippen LogP) is 3.94. The van der Waals surface area contributed by atoms with Gasteiger partial charge in [0.25, 0.3) is 5.91 Å². The molecule has 1 aromatic heterocycles. The molecule has 5 heteroatoms. The van der Waals surface area contributed by atoms with Gasteiger partial charge in [0.1, 0.15) is 10.8 Å². The molecule has 0 aliphatic heterocycles. The monoisotopic (exact) mass is 288 g/mol. The second-order valence-corrected chi connectivity index (χ2v) is 5.40. The van der Waals surface area contributed by atoms with E-state index in [1.807, 2.05) is 0 Å². The topological polar surface area (TPSA) is 42.0 Å². The highest BCUT2D eigenvalue weighted by atomic mass is 35.5. The van der Waals surface area contributed by atoms with Crippen LogP contribution in [-0.4, -0.2) is 17.4 Å². The molecule has 0 spiro atoms. The van der Waals surface area contributed by atoms with E-state index >= 15 is 0 Å². The second-order valence-electron chi connectivity index (χ2n) is 4.61. The van der Waals surface area contributed by atoms with Gasteiger partial charge in [-0.1, -0.05) is 49.9 Å². The molecule has 18 heavy (non-hydrogen) atoms. The highest BCUT2D eigenvalue weighted by molar-refractivity contribution is 6.34. The van der Waals surface area contributed by atoms with Crippen LogP contribution in [0.2, 0.25) is 10.2 Å². The van der Waals surface area contributed by atoms with E-state index in [0.717, 1.165) is 12.8 Å². The molecule has 3 nitrogen and oxygen atoms in total. The van der Waals surface area contributed by atoms with Gasteiger partial charge in [0.2, 0.25) is 0 Å². The first-order valence-electron chi connectivity index (χ1n) is 6.11. The van der Waals surface area contributed by atoms with Gasteiger partial charge in [-0.3, -0.25) is 4.79 Å². The van der Waals surface area contributed by atoms with Crippen LogP contribution in [0.1, 0.15) is 43.6 Å². The van der Waals surface area contributed by atoms with Gasteiger partial charge >= 0.3 is 0 Å². The lowest BCUT2D eigenvalue weighted by Gasteiger charge is -2.07. The summed E-state index contributed by atoms with van der Waals surface area (Å²) in [5, 5.41) is 3.38. The number of halogens is 2. The summed E-state index contributed by atoms with van der Waals surface area (Å²) >= 11 is 11.6.